The Bertz CT molecular complexity index is 498. The van der Waals surface area contributed by atoms with Crippen molar-refractivity contribution in [1.82, 2.24) is 0 Å². The Labute approximate surface area is 118 Å². The largest absolute Gasteiger partial charge is 0.235 e. The summed E-state index contributed by atoms with van der Waals surface area (Å²) < 4.78 is 0.929. The fourth-order valence-corrected chi connectivity index (χ4v) is 2.77. The molecule has 0 aliphatic rings. The van der Waals surface area contributed by atoms with Crippen LogP contribution in [0.1, 0.15) is 11.1 Å². The van der Waals surface area contributed by atoms with Gasteiger partial charge in [-0.3, -0.25) is 0 Å². The molecule has 92 valence electrons. The average molecular weight is 273 g/mol. The minimum atomic E-state index is 0.612. The summed E-state index contributed by atoms with van der Waals surface area (Å²) in [6.07, 6.45) is 10.5. The topological polar surface area (TPSA) is 12.4 Å². The smallest absolute Gasteiger partial charge is 0.132 e. The quantitative estimate of drug-likeness (QED) is 0.468. The van der Waals surface area contributed by atoms with Crippen molar-refractivity contribution in [2.75, 3.05) is 11.5 Å². The zero-order valence-corrected chi connectivity index (χ0v) is 12.2. The highest BCUT2D eigenvalue weighted by Gasteiger charge is 2.03. The van der Waals surface area contributed by atoms with E-state index in [-0.39, 0.29) is 0 Å². The van der Waals surface area contributed by atoms with Crippen molar-refractivity contribution in [1.29, 1.82) is 0 Å². The fourth-order valence-electron chi connectivity index (χ4n) is 1.34. The molecular formula is C15H15NS2. The van der Waals surface area contributed by atoms with E-state index in [0.717, 1.165) is 15.6 Å². The summed E-state index contributed by atoms with van der Waals surface area (Å²) in [6.45, 7) is 4.13. The summed E-state index contributed by atoms with van der Waals surface area (Å²) in [4.78, 5) is 4.63. The summed E-state index contributed by atoms with van der Waals surface area (Å²) in [7, 11) is 0. The summed E-state index contributed by atoms with van der Waals surface area (Å²) in [5, 5.41) is 0. The number of aryl methyl sites for hydroxylation is 2. The van der Waals surface area contributed by atoms with E-state index < -0.39 is 0 Å². The van der Waals surface area contributed by atoms with Crippen LogP contribution in [0.2, 0.25) is 0 Å². The predicted molar refractivity (Wildman–Crippen MR) is 85.6 cm³/mol. The second-order valence-corrected chi connectivity index (χ2v) is 5.84. The van der Waals surface area contributed by atoms with Crippen molar-refractivity contribution in [3.05, 3.63) is 29.3 Å². The van der Waals surface area contributed by atoms with Crippen LogP contribution in [0.5, 0.6) is 0 Å². The number of hydrogen-bond acceptors (Lipinski definition) is 3. The van der Waals surface area contributed by atoms with Crippen LogP contribution in [0.15, 0.2) is 23.2 Å². The van der Waals surface area contributed by atoms with Crippen molar-refractivity contribution >= 4 is 33.6 Å². The number of aliphatic imine (C=N–C) groups is 1. The first-order valence-corrected chi connectivity index (χ1v) is 7.43. The normalized spacial score (nSPS) is 9.33. The summed E-state index contributed by atoms with van der Waals surface area (Å²) >= 11 is 3.10. The monoisotopic (exact) mass is 273 g/mol. The molecule has 0 aliphatic carbocycles. The molecule has 0 unspecified atom stereocenters. The Morgan fingerprint density at radius 2 is 1.78 bits per heavy atom. The maximum absolute atomic E-state index is 5.27. The third-order valence-electron chi connectivity index (χ3n) is 2.12. The van der Waals surface area contributed by atoms with E-state index in [9.17, 15) is 0 Å². The molecule has 0 spiro atoms. The molecule has 0 atom stereocenters. The standard InChI is InChI=1S/C15H15NS2/c1-5-9-17-15(18-10-6-2)16-14-8-7-12(3)11-13(14)4/h1-2,7-8,11H,9-10H2,3-4H3. The highest BCUT2D eigenvalue weighted by atomic mass is 32.2. The Morgan fingerprint density at radius 3 is 2.28 bits per heavy atom. The van der Waals surface area contributed by atoms with E-state index in [4.69, 9.17) is 12.8 Å². The van der Waals surface area contributed by atoms with E-state index in [2.05, 4.69) is 42.8 Å². The van der Waals surface area contributed by atoms with Crippen LogP contribution in [-0.2, 0) is 0 Å². The minimum absolute atomic E-state index is 0.612. The predicted octanol–water partition coefficient (Wildman–Crippen LogP) is 4.02. The zero-order valence-electron chi connectivity index (χ0n) is 10.6. The molecule has 0 heterocycles. The van der Waals surface area contributed by atoms with Crippen molar-refractivity contribution in [2.45, 2.75) is 13.8 Å². The fraction of sp³-hybridized carbons (Fsp3) is 0.267. The second-order valence-electron chi connectivity index (χ2n) is 3.65. The number of nitrogens with zero attached hydrogens (tertiary/aromatic N) is 1. The third-order valence-corrected chi connectivity index (χ3v) is 4.13. The molecule has 0 aliphatic heterocycles. The van der Waals surface area contributed by atoms with Crippen LogP contribution in [-0.4, -0.2) is 15.9 Å². The summed E-state index contributed by atoms with van der Waals surface area (Å²) in [5.41, 5.74) is 3.38. The Hall–Kier alpha value is -1.29. The van der Waals surface area contributed by atoms with Gasteiger partial charge in [0.1, 0.15) is 4.38 Å². The average Bonchev–Trinajstić information content (AvgIpc) is 2.35. The lowest BCUT2D eigenvalue weighted by atomic mass is 10.1. The van der Waals surface area contributed by atoms with E-state index >= 15 is 0 Å². The highest BCUT2D eigenvalue weighted by Crippen LogP contribution is 2.25. The van der Waals surface area contributed by atoms with Gasteiger partial charge in [0.15, 0.2) is 0 Å². The van der Waals surface area contributed by atoms with Crippen LogP contribution in [0.4, 0.5) is 5.69 Å². The van der Waals surface area contributed by atoms with Crippen molar-refractivity contribution < 1.29 is 0 Å². The van der Waals surface area contributed by atoms with E-state index in [1.54, 1.807) is 23.5 Å². The zero-order chi connectivity index (χ0) is 13.4. The number of hydrogen-bond donors (Lipinski definition) is 0. The number of terminal acetylenes is 2. The Balaban J connectivity index is 2.92. The molecular weight excluding hydrogens is 258 g/mol. The first kappa shape index (κ1) is 14.8. The van der Waals surface area contributed by atoms with E-state index in [1.165, 1.54) is 5.56 Å². The first-order valence-electron chi connectivity index (χ1n) is 5.46. The minimum Gasteiger partial charge on any atom is -0.235 e. The number of thioether (sulfide) groups is 2. The van der Waals surface area contributed by atoms with Gasteiger partial charge in [0.2, 0.25) is 0 Å². The molecule has 0 radical (unpaired) electrons. The molecule has 0 fully saturated rings. The lowest BCUT2D eigenvalue weighted by molar-refractivity contribution is 1.35. The van der Waals surface area contributed by atoms with Crippen LogP contribution in [0, 0.1) is 38.5 Å². The van der Waals surface area contributed by atoms with Gasteiger partial charge in [0, 0.05) is 0 Å². The van der Waals surface area contributed by atoms with Crippen molar-refractivity contribution in [3.8, 4) is 24.7 Å². The van der Waals surface area contributed by atoms with Crippen LogP contribution >= 0.6 is 23.5 Å². The van der Waals surface area contributed by atoms with Gasteiger partial charge in [0.25, 0.3) is 0 Å². The Morgan fingerprint density at radius 1 is 1.17 bits per heavy atom. The maximum atomic E-state index is 5.27. The Kier molecular flexibility index (Phi) is 6.50. The number of rotatable bonds is 3. The molecule has 0 aromatic heterocycles. The SMILES string of the molecule is C#CCSC(=Nc1ccc(C)cc1C)SCC#C. The van der Waals surface area contributed by atoms with Crippen LogP contribution in [0.3, 0.4) is 0 Å². The van der Waals surface area contributed by atoms with Gasteiger partial charge in [-0.05, 0) is 25.5 Å². The van der Waals surface area contributed by atoms with Gasteiger partial charge in [0.05, 0.1) is 17.2 Å². The van der Waals surface area contributed by atoms with Gasteiger partial charge in [-0.1, -0.05) is 53.1 Å². The van der Waals surface area contributed by atoms with Crippen molar-refractivity contribution in [2.24, 2.45) is 4.99 Å². The molecule has 0 N–H and O–H groups in total. The molecule has 18 heavy (non-hydrogen) atoms. The van der Waals surface area contributed by atoms with Gasteiger partial charge < -0.3 is 0 Å². The number of benzene rings is 1. The second kappa shape index (κ2) is 7.93. The third kappa shape index (κ3) is 4.92. The highest BCUT2D eigenvalue weighted by molar-refractivity contribution is 8.39. The van der Waals surface area contributed by atoms with E-state index in [1.807, 2.05) is 6.07 Å². The molecule has 1 nitrogen and oxygen atoms in total. The summed E-state index contributed by atoms with van der Waals surface area (Å²) in [5.74, 6) is 6.43. The summed E-state index contributed by atoms with van der Waals surface area (Å²) in [6, 6.07) is 6.20. The molecule has 1 aromatic rings. The van der Waals surface area contributed by atoms with Gasteiger partial charge in [-0.2, -0.15) is 0 Å². The molecule has 0 saturated heterocycles. The molecule has 1 rings (SSSR count). The molecule has 3 heteroatoms. The molecule has 1 aromatic carbocycles. The first-order chi connectivity index (χ1) is 8.67. The molecule has 0 saturated carbocycles. The van der Waals surface area contributed by atoms with Crippen LogP contribution in [0.25, 0.3) is 0 Å². The van der Waals surface area contributed by atoms with Gasteiger partial charge >= 0.3 is 0 Å². The molecule has 0 bridgehead atoms. The molecule has 0 amide bonds. The van der Waals surface area contributed by atoms with Crippen LogP contribution < -0.4 is 0 Å². The van der Waals surface area contributed by atoms with E-state index in [0.29, 0.717) is 11.5 Å². The van der Waals surface area contributed by atoms with Gasteiger partial charge in [-0.15, -0.1) is 12.8 Å². The lowest BCUT2D eigenvalue weighted by Crippen LogP contribution is -1.89. The van der Waals surface area contributed by atoms with Crippen molar-refractivity contribution in [3.63, 3.8) is 0 Å². The maximum Gasteiger partial charge on any atom is 0.132 e. The van der Waals surface area contributed by atoms with Gasteiger partial charge in [-0.25, -0.2) is 4.99 Å². The lowest BCUT2D eigenvalue weighted by Gasteiger charge is -2.05.